The zero-order valence-corrected chi connectivity index (χ0v) is 12.9. The summed E-state index contributed by atoms with van der Waals surface area (Å²) in [6.07, 6.45) is 0.885. The van der Waals surface area contributed by atoms with E-state index in [1.165, 1.54) is 0 Å². The van der Waals surface area contributed by atoms with Gasteiger partial charge in [0.05, 0.1) is 12.2 Å². The van der Waals surface area contributed by atoms with Gasteiger partial charge in [0.2, 0.25) is 5.89 Å². The molecule has 0 spiro atoms. The van der Waals surface area contributed by atoms with E-state index in [0.717, 1.165) is 11.4 Å². The number of alkyl halides is 2. The van der Waals surface area contributed by atoms with E-state index in [1.807, 2.05) is 40.9 Å². The third-order valence-electron chi connectivity index (χ3n) is 3.63. The third-order valence-corrected chi connectivity index (χ3v) is 3.63. The fourth-order valence-corrected chi connectivity index (χ4v) is 2.44. The van der Waals surface area contributed by atoms with Crippen molar-refractivity contribution in [1.29, 1.82) is 0 Å². The van der Waals surface area contributed by atoms with Gasteiger partial charge >= 0.3 is 6.43 Å². The minimum atomic E-state index is -2.79. The second-order valence-corrected chi connectivity index (χ2v) is 5.38. The Morgan fingerprint density at radius 1 is 1.12 bits per heavy atom. The average molecular weight is 341 g/mol. The van der Waals surface area contributed by atoms with Gasteiger partial charge in [0, 0.05) is 23.6 Å². The minimum Gasteiger partial charge on any atom is -0.415 e. The van der Waals surface area contributed by atoms with Crippen molar-refractivity contribution in [2.75, 3.05) is 5.32 Å². The molecule has 1 aromatic carbocycles. The zero-order chi connectivity index (χ0) is 17.2. The molecule has 0 saturated heterocycles. The van der Waals surface area contributed by atoms with Crippen molar-refractivity contribution in [1.82, 2.24) is 19.6 Å². The van der Waals surface area contributed by atoms with E-state index in [4.69, 9.17) is 4.42 Å². The number of halogens is 2. The van der Waals surface area contributed by atoms with Gasteiger partial charge in [-0.1, -0.05) is 18.2 Å². The maximum absolute atomic E-state index is 12.6. The Labute approximate surface area is 141 Å². The van der Waals surface area contributed by atoms with Crippen LogP contribution >= 0.6 is 0 Å². The molecule has 0 amide bonds. The van der Waals surface area contributed by atoms with Crippen LogP contribution in [0.5, 0.6) is 0 Å². The lowest BCUT2D eigenvalue weighted by molar-refractivity contribution is 0.116. The van der Waals surface area contributed by atoms with E-state index in [9.17, 15) is 8.78 Å². The van der Waals surface area contributed by atoms with E-state index in [-0.39, 0.29) is 5.89 Å². The highest BCUT2D eigenvalue weighted by atomic mass is 19.3. The topological polar surface area (TPSA) is 68.2 Å². The molecule has 8 heteroatoms. The molecule has 3 heterocycles. The van der Waals surface area contributed by atoms with Crippen molar-refractivity contribution in [3.63, 3.8) is 0 Å². The molecule has 126 valence electrons. The lowest BCUT2D eigenvalue weighted by Gasteiger charge is -2.02. The van der Waals surface area contributed by atoms with Crippen LogP contribution in [0.15, 0.2) is 59.3 Å². The summed E-state index contributed by atoms with van der Waals surface area (Å²) in [7, 11) is 0. The van der Waals surface area contributed by atoms with Crippen LogP contribution in [0, 0.1) is 0 Å². The molecule has 1 N–H and O–H groups in total. The Bertz CT molecular complexity index is 997. The number of fused-ring (bicyclic) bond motifs is 1. The maximum Gasteiger partial charge on any atom is 0.314 e. The summed E-state index contributed by atoms with van der Waals surface area (Å²) in [6.45, 7) is 0.567. The van der Waals surface area contributed by atoms with Crippen LogP contribution < -0.4 is 5.32 Å². The van der Waals surface area contributed by atoms with E-state index in [1.54, 1.807) is 18.3 Å². The van der Waals surface area contributed by atoms with Gasteiger partial charge in [-0.3, -0.25) is 0 Å². The molecule has 0 bridgehead atoms. The lowest BCUT2D eigenvalue weighted by atomic mass is 10.2. The summed E-state index contributed by atoms with van der Waals surface area (Å²) in [5.74, 6) is -0.643. The molecule has 0 aliphatic carbocycles. The van der Waals surface area contributed by atoms with Gasteiger partial charge in [-0.05, 0) is 24.3 Å². The number of benzene rings is 1. The smallest absolute Gasteiger partial charge is 0.314 e. The van der Waals surface area contributed by atoms with Crippen LogP contribution in [0.3, 0.4) is 0 Å². The molecule has 25 heavy (non-hydrogen) atoms. The Morgan fingerprint density at radius 3 is 2.72 bits per heavy atom. The first-order chi connectivity index (χ1) is 12.2. The van der Waals surface area contributed by atoms with Crippen LogP contribution in [0.25, 0.3) is 17.1 Å². The maximum atomic E-state index is 12.6. The van der Waals surface area contributed by atoms with Gasteiger partial charge in [-0.15, -0.1) is 10.2 Å². The van der Waals surface area contributed by atoms with Crippen LogP contribution in [0.4, 0.5) is 14.5 Å². The number of hydrogen-bond acceptors (Lipinski definition) is 5. The van der Waals surface area contributed by atoms with Gasteiger partial charge in [0.25, 0.3) is 5.89 Å². The number of hydrogen-bond donors (Lipinski definition) is 1. The average Bonchev–Trinajstić information content (AvgIpc) is 3.27. The van der Waals surface area contributed by atoms with E-state index < -0.39 is 12.3 Å². The Kier molecular flexibility index (Phi) is 3.85. The molecule has 0 radical (unpaired) electrons. The normalized spacial score (nSPS) is 11.3. The number of nitrogens with one attached hydrogen (secondary N) is 1. The third kappa shape index (κ3) is 3.18. The predicted octanol–water partition coefficient (Wildman–Crippen LogP) is 3.93. The van der Waals surface area contributed by atoms with Gasteiger partial charge in [0.1, 0.15) is 5.65 Å². The monoisotopic (exact) mass is 341 g/mol. The summed E-state index contributed by atoms with van der Waals surface area (Å²) in [5.41, 5.74) is 3.06. The SMILES string of the molecule is FC(F)c1nnc(-c2ccn3cc(CNc4ccccc4)nc3c2)o1. The largest absolute Gasteiger partial charge is 0.415 e. The lowest BCUT2D eigenvalue weighted by Crippen LogP contribution is -1.98. The number of aromatic nitrogens is 4. The molecule has 3 aromatic heterocycles. The summed E-state index contributed by atoms with van der Waals surface area (Å²) < 4.78 is 31.9. The summed E-state index contributed by atoms with van der Waals surface area (Å²) in [5, 5.41) is 10.3. The molecule has 0 aliphatic rings. The van der Waals surface area contributed by atoms with Crippen molar-refractivity contribution in [3.8, 4) is 11.5 Å². The molecular weight excluding hydrogens is 328 g/mol. The van der Waals surface area contributed by atoms with Gasteiger partial charge in [-0.2, -0.15) is 8.78 Å². The van der Waals surface area contributed by atoms with E-state index in [0.29, 0.717) is 17.8 Å². The Balaban J connectivity index is 1.56. The van der Waals surface area contributed by atoms with Crippen LogP contribution in [0.2, 0.25) is 0 Å². The van der Waals surface area contributed by atoms with Gasteiger partial charge in [0.15, 0.2) is 0 Å². The molecule has 0 atom stereocenters. The number of rotatable bonds is 5. The van der Waals surface area contributed by atoms with Crippen LogP contribution in [-0.2, 0) is 6.54 Å². The number of anilines is 1. The molecule has 0 fully saturated rings. The summed E-state index contributed by atoms with van der Waals surface area (Å²) in [6, 6.07) is 13.2. The second-order valence-electron chi connectivity index (χ2n) is 5.38. The molecule has 0 aliphatic heterocycles. The van der Waals surface area contributed by atoms with Crippen molar-refractivity contribution in [3.05, 3.63) is 66.4 Å². The van der Waals surface area contributed by atoms with Crippen molar-refractivity contribution < 1.29 is 13.2 Å². The molecule has 0 saturated carbocycles. The van der Waals surface area contributed by atoms with Crippen LogP contribution in [-0.4, -0.2) is 19.6 Å². The number of para-hydroxylation sites is 1. The van der Waals surface area contributed by atoms with Crippen molar-refractivity contribution in [2.45, 2.75) is 13.0 Å². The Hall–Kier alpha value is -3.29. The predicted molar refractivity (Wildman–Crippen MR) is 87.2 cm³/mol. The molecule has 6 nitrogen and oxygen atoms in total. The first-order valence-electron chi connectivity index (χ1n) is 7.57. The second kappa shape index (κ2) is 6.31. The van der Waals surface area contributed by atoms with Crippen LogP contribution in [0.1, 0.15) is 18.0 Å². The molecule has 0 unspecified atom stereocenters. The fourth-order valence-electron chi connectivity index (χ4n) is 2.44. The standard InChI is InChI=1S/C17H13F2N5O/c18-15(19)17-23-22-16(25-17)11-6-7-24-10-13(21-14(24)8-11)9-20-12-4-2-1-3-5-12/h1-8,10,15,20H,9H2. The Morgan fingerprint density at radius 2 is 1.96 bits per heavy atom. The van der Waals surface area contributed by atoms with Crippen molar-refractivity contribution in [2.24, 2.45) is 0 Å². The van der Waals surface area contributed by atoms with Crippen molar-refractivity contribution >= 4 is 11.3 Å². The van der Waals surface area contributed by atoms with Gasteiger partial charge in [-0.25, -0.2) is 4.98 Å². The minimum absolute atomic E-state index is 0.0461. The first kappa shape index (κ1) is 15.3. The molecule has 4 aromatic rings. The van der Waals surface area contributed by atoms with Gasteiger partial charge < -0.3 is 14.1 Å². The number of pyridine rings is 1. The van der Waals surface area contributed by atoms with E-state index >= 15 is 0 Å². The van der Waals surface area contributed by atoms with E-state index in [2.05, 4.69) is 20.5 Å². The highest BCUT2D eigenvalue weighted by molar-refractivity contribution is 5.60. The fraction of sp³-hybridized carbons (Fsp3) is 0.118. The quantitative estimate of drug-likeness (QED) is 0.596. The zero-order valence-electron chi connectivity index (χ0n) is 12.9. The highest BCUT2D eigenvalue weighted by Crippen LogP contribution is 2.24. The highest BCUT2D eigenvalue weighted by Gasteiger charge is 2.17. The summed E-state index contributed by atoms with van der Waals surface area (Å²) in [4.78, 5) is 4.52. The molecule has 4 rings (SSSR count). The first-order valence-corrected chi connectivity index (χ1v) is 7.57. The molecular formula is C17H13F2N5O. The summed E-state index contributed by atoms with van der Waals surface area (Å²) >= 11 is 0. The number of nitrogens with zero attached hydrogens (tertiary/aromatic N) is 4. The number of imidazole rings is 1.